The van der Waals surface area contributed by atoms with E-state index in [1.54, 1.807) is 4.90 Å². The number of ether oxygens (including phenoxy) is 1. The van der Waals surface area contributed by atoms with Crippen LogP contribution in [-0.2, 0) is 11.3 Å². The molecule has 0 aromatic heterocycles. The third kappa shape index (κ3) is 5.27. The summed E-state index contributed by atoms with van der Waals surface area (Å²) in [5.74, 6) is 0. The number of quaternary nitrogens is 1. The molecular weight excluding hydrogens is 342 g/mol. The first kappa shape index (κ1) is 18.8. The lowest BCUT2D eigenvalue weighted by molar-refractivity contribution is -0.940. The number of nitrogens with one attached hydrogen (secondary N) is 3. The lowest BCUT2D eigenvalue weighted by Gasteiger charge is -2.35. The fourth-order valence-corrected chi connectivity index (χ4v) is 3.86. The molecule has 1 fully saturated rings. The van der Waals surface area contributed by atoms with Crippen LogP contribution in [0, 0.1) is 0 Å². The lowest BCUT2D eigenvalue weighted by atomic mass is 9.98. The molecule has 3 rings (SSSR count). The van der Waals surface area contributed by atoms with Crippen molar-refractivity contribution in [1.29, 1.82) is 0 Å². The number of hydrogen-bond acceptors (Lipinski definition) is 2. The van der Waals surface area contributed by atoms with Crippen molar-refractivity contribution in [2.75, 3.05) is 26.3 Å². The van der Waals surface area contributed by atoms with Crippen molar-refractivity contribution in [3.05, 3.63) is 71.8 Å². The Labute approximate surface area is 161 Å². The minimum Gasteiger partial charge on any atom is -0.370 e. The SMILES string of the molecule is C[C@@H](NC(=S)NCc1ccccc1)[C@@H](c1ccccc1)[NH+]1CCOCC1. The van der Waals surface area contributed by atoms with Crippen LogP contribution in [0.5, 0.6) is 0 Å². The van der Waals surface area contributed by atoms with Crippen LogP contribution in [0.15, 0.2) is 60.7 Å². The first-order valence-corrected chi connectivity index (χ1v) is 9.70. The molecule has 0 amide bonds. The molecule has 1 aliphatic rings. The molecule has 3 N–H and O–H groups in total. The van der Waals surface area contributed by atoms with Crippen molar-refractivity contribution in [3.8, 4) is 0 Å². The van der Waals surface area contributed by atoms with Crippen molar-refractivity contribution >= 4 is 17.3 Å². The van der Waals surface area contributed by atoms with E-state index in [2.05, 4.69) is 60.0 Å². The zero-order chi connectivity index (χ0) is 18.2. The molecule has 0 aliphatic carbocycles. The normalized spacial score (nSPS) is 17.3. The van der Waals surface area contributed by atoms with E-state index in [0.717, 1.165) is 32.8 Å². The van der Waals surface area contributed by atoms with Gasteiger partial charge in [0.2, 0.25) is 0 Å². The van der Waals surface area contributed by atoms with Gasteiger partial charge in [-0.2, -0.15) is 0 Å². The van der Waals surface area contributed by atoms with E-state index >= 15 is 0 Å². The number of thiocarbonyl (C=S) groups is 1. The number of hydrogen-bond donors (Lipinski definition) is 3. The highest BCUT2D eigenvalue weighted by molar-refractivity contribution is 7.80. The molecule has 2 atom stereocenters. The molecule has 2 aromatic rings. The molecule has 138 valence electrons. The van der Waals surface area contributed by atoms with Crippen LogP contribution in [-0.4, -0.2) is 37.5 Å². The van der Waals surface area contributed by atoms with Gasteiger partial charge in [0.25, 0.3) is 0 Å². The molecule has 1 heterocycles. The van der Waals surface area contributed by atoms with Crippen LogP contribution in [0.2, 0.25) is 0 Å². The average Bonchev–Trinajstić information content (AvgIpc) is 2.69. The molecule has 0 bridgehead atoms. The van der Waals surface area contributed by atoms with Gasteiger partial charge in [-0.05, 0) is 24.7 Å². The smallest absolute Gasteiger partial charge is 0.167 e. The summed E-state index contributed by atoms with van der Waals surface area (Å²) in [7, 11) is 0. The molecule has 0 radical (unpaired) electrons. The van der Waals surface area contributed by atoms with Crippen molar-refractivity contribution in [2.45, 2.75) is 25.6 Å². The van der Waals surface area contributed by atoms with E-state index in [0.29, 0.717) is 11.2 Å². The van der Waals surface area contributed by atoms with Gasteiger partial charge in [-0.15, -0.1) is 0 Å². The van der Waals surface area contributed by atoms with Crippen molar-refractivity contribution in [1.82, 2.24) is 10.6 Å². The fourth-order valence-electron chi connectivity index (χ4n) is 3.60. The minimum absolute atomic E-state index is 0.223. The van der Waals surface area contributed by atoms with Crippen LogP contribution in [0.1, 0.15) is 24.1 Å². The van der Waals surface area contributed by atoms with Crippen molar-refractivity contribution in [2.24, 2.45) is 0 Å². The number of rotatable bonds is 6. The second kappa shape index (κ2) is 9.67. The van der Waals surface area contributed by atoms with Gasteiger partial charge in [0.05, 0.1) is 19.3 Å². The summed E-state index contributed by atoms with van der Waals surface area (Å²) in [5, 5.41) is 7.53. The Morgan fingerprint density at radius 1 is 1.04 bits per heavy atom. The summed E-state index contributed by atoms with van der Waals surface area (Å²) >= 11 is 5.54. The maximum atomic E-state index is 5.55. The van der Waals surface area contributed by atoms with E-state index in [1.165, 1.54) is 11.1 Å². The third-order valence-corrected chi connectivity index (χ3v) is 5.15. The second-order valence-corrected chi connectivity index (χ2v) is 7.17. The molecular formula is C21H28N3OS+. The van der Waals surface area contributed by atoms with Crippen LogP contribution in [0.3, 0.4) is 0 Å². The van der Waals surface area contributed by atoms with Crippen molar-refractivity contribution in [3.63, 3.8) is 0 Å². The van der Waals surface area contributed by atoms with Gasteiger partial charge in [0.15, 0.2) is 5.11 Å². The fraction of sp³-hybridized carbons (Fsp3) is 0.381. The summed E-state index contributed by atoms with van der Waals surface area (Å²) in [6, 6.07) is 21.6. The van der Waals surface area contributed by atoms with Crippen LogP contribution in [0.25, 0.3) is 0 Å². The van der Waals surface area contributed by atoms with E-state index < -0.39 is 0 Å². The van der Waals surface area contributed by atoms with E-state index in [4.69, 9.17) is 17.0 Å². The van der Waals surface area contributed by atoms with Gasteiger partial charge in [0, 0.05) is 12.1 Å². The van der Waals surface area contributed by atoms with E-state index in [9.17, 15) is 0 Å². The monoisotopic (exact) mass is 370 g/mol. The van der Waals surface area contributed by atoms with Crippen LogP contribution < -0.4 is 15.5 Å². The third-order valence-electron chi connectivity index (χ3n) is 4.89. The highest BCUT2D eigenvalue weighted by Gasteiger charge is 2.31. The van der Waals surface area contributed by atoms with Gasteiger partial charge < -0.3 is 20.3 Å². The summed E-state index contributed by atoms with van der Waals surface area (Å²) in [4.78, 5) is 1.55. The Morgan fingerprint density at radius 2 is 1.65 bits per heavy atom. The minimum atomic E-state index is 0.223. The van der Waals surface area contributed by atoms with Gasteiger partial charge in [0.1, 0.15) is 19.1 Å². The molecule has 0 spiro atoms. The second-order valence-electron chi connectivity index (χ2n) is 6.76. The highest BCUT2D eigenvalue weighted by Crippen LogP contribution is 2.14. The molecule has 26 heavy (non-hydrogen) atoms. The summed E-state index contributed by atoms with van der Waals surface area (Å²) in [6.07, 6.45) is 0. The first-order chi connectivity index (χ1) is 12.7. The maximum absolute atomic E-state index is 5.55. The van der Waals surface area contributed by atoms with Crippen LogP contribution in [0.4, 0.5) is 0 Å². The molecule has 1 saturated heterocycles. The number of morpholine rings is 1. The Balaban J connectivity index is 1.63. The first-order valence-electron chi connectivity index (χ1n) is 9.29. The molecule has 0 unspecified atom stereocenters. The summed E-state index contributed by atoms with van der Waals surface area (Å²) in [5.41, 5.74) is 2.57. The Kier molecular flexibility index (Phi) is 7.00. The van der Waals surface area contributed by atoms with Gasteiger partial charge in [-0.25, -0.2) is 0 Å². The number of benzene rings is 2. The van der Waals surface area contributed by atoms with Gasteiger partial charge in [-0.1, -0.05) is 60.7 Å². The lowest BCUT2D eigenvalue weighted by Crippen LogP contribution is -3.15. The molecule has 5 heteroatoms. The van der Waals surface area contributed by atoms with Gasteiger partial charge >= 0.3 is 0 Å². The maximum Gasteiger partial charge on any atom is 0.167 e. The predicted octanol–water partition coefficient (Wildman–Crippen LogP) is 1.70. The Hall–Kier alpha value is -1.95. The summed E-state index contributed by atoms with van der Waals surface area (Å²) in [6.45, 7) is 6.65. The molecule has 2 aromatic carbocycles. The zero-order valence-corrected chi connectivity index (χ0v) is 16.1. The zero-order valence-electron chi connectivity index (χ0n) is 15.3. The highest BCUT2D eigenvalue weighted by atomic mass is 32.1. The van der Waals surface area contributed by atoms with E-state index in [-0.39, 0.29) is 6.04 Å². The van der Waals surface area contributed by atoms with Crippen LogP contribution >= 0.6 is 12.2 Å². The van der Waals surface area contributed by atoms with Gasteiger partial charge in [-0.3, -0.25) is 0 Å². The quantitative estimate of drug-likeness (QED) is 0.677. The molecule has 4 nitrogen and oxygen atoms in total. The Bertz CT molecular complexity index is 674. The Morgan fingerprint density at radius 3 is 2.31 bits per heavy atom. The standard InChI is InChI=1S/C21H27N3OS/c1-17(23-21(26)22-16-18-8-4-2-5-9-18)20(19-10-6-3-7-11-19)24-12-14-25-15-13-24/h2-11,17,20H,12-16H2,1H3,(H2,22,23,26)/p+1/t17-,20+/m1/s1. The predicted molar refractivity (Wildman–Crippen MR) is 109 cm³/mol. The average molecular weight is 371 g/mol. The largest absolute Gasteiger partial charge is 0.370 e. The summed E-state index contributed by atoms with van der Waals surface area (Å²) < 4.78 is 5.55. The molecule has 1 aliphatic heterocycles. The topological polar surface area (TPSA) is 37.7 Å². The van der Waals surface area contributed by atoms with E-state index in [1.807, 2.05) is 18.2 Å². The van der Waals surface area contributed by atoms with Crippen molar-refractivity contribution < 1.29 is 9.64 Å². The molecule has 0 saturated carbocycles.